The smallest absolute Gasteiger partial charge is 0.274 e. The number of hydrogen-bond donors (Lipinski definition) is 0. The average molecular weight is 263 g/mol. The van der Waals surface area contributed by atoms with E-state index >= 15 is 0 Å². The number of rotatable bonds is 4. The molecule has 0 radical (unpaired) electrons. The highest BCUT2D eigenvalue weighted by Gasteiger charge is 2.30. The SMILES string of the molecule is Cc1cc(C(=O)N2CCC(OCC3CC3)C2)nn1C. The fraction of sp³-hybridized carbons (Fsp3) is 0.714. The van der Waals surface area contributed by atoms with E-state index in [1.165, 1.54) is 12.8 Å². The molecule has 1 aromatic heterocycles. The molecule has 0 aromatic carbocycles. The second kappa shape index (κ2) is 4.96. The van der Waals surface area contributed by atoms with E-state index in [1.807, 2.05) is 24.9 Å². The molecule has 0 bridgehead atoms. The monoisotopic (exact) mass is 263 g/mol. The third-order valence-corrected chi connectivity index (χ3v) is 4.03. The lowest BCUT2D eigenvalue weighted by atomic mass is 10.3. The molecule has 1 aliphatic carbocycles. The topological polar surface area (TPSA) is 47.4 Å². The Morgan fingerprint density at radius 3 is 2.89 bits per heavy atom. The molecule has 0 spiro atoms. The van der Waals surface area contributed by atoms with Gasteiger partial charge in [-0.05, 0) is 38.2 Å². The summed E-state index contributed by atoms with van der Waals surface area (Å²) in [5, 5.41) is 4.25. The first kappa shape index (κ1) is 12.7. The molecule has 1 aromatic rings. The van der Waals surface area contributed by atoms with Crippen molar-refractivity contribution in [2.45, 2.75) is 32.3 Å². The molecule has 1 atom stereocenters. The predicted molar refractivity (Wildman–Crippen MR) is 70.9 cm³/mol. The fourth-order valence-electron chi connectivity index (χ4n) is 2.43. The Morgan fingerprint density at radius 2 is 2.26 bits per heavy atom. The summed E-state index contributed by atoms with van der Waals surface area (Å²) in [6.45, 7) is 4.32. The first-order valence-electron chi connectivity index (χ1n) is 7.05. The molecular weight excluding hydrogens is 242 g/mol. The molecule has 1 unspecified atom stereocenters. The van der Waals surface area contributed by atoms with E-state index in [0.717, 1.165) is 31.2 Å². The molecule has 19 heavy (non-hydrogen) atoms. The fourth-order valence-corrected chi connectivity index (χ4v) is 2.43. The van der Waals surface area contributed by atoms with Crippen molar-refractivity contribution in [3.05, 3.63) is 17.5 Å². The van der Waals surface area contributed by atoms with Crippen molar-refractivity contribution < 1.29 is 9.53 Å². The Labute approximate surface area is 113 Å². The van der Waals surface area contributed by atoms with Crippen LogP contribution in [-0.4, -0.2) is 46.4 Å². The van der Waals surface area contributed by atoms with Gasteiger partial charge in [-0.1, -0.05) is 0 Å². The highest BCUT2D eigenvalue weighted by Crippen LogP contribution is 2.30. The zero-order valence-electron chi connectivity index (χ0n) is 11.6. The first-order valence-corrected chi connectivity index (χ1v) is 7.05. The maximum absolute atomic E-state index is 12.3. The zero-order chi connectivity index (χ0) is 13.4. The number of aryl methyl sites for hydroxylation is 2. The molecule has 1 amide bonds. The molecular formula is C14H21N3O2. The summed E-state index contributed by atoms with van der Waals surface area (Å²) in [5.74, 6) is 0.810. The van der Waals surface area contributed by atoms with Gasteiger partial charge in [0.05, 0.1) is 6.10 Å². The molecule has 2 heterocycles. The van der Waals surface area contributed by atoms with Gasteiger partial charge >= 0.3 is 0 Å². The van der Waals surface area contributed by atoms with Crippen molar-refractivity contribution in [2.24, 2.45) is 13.0 Å². The number of amides is 1. The minimum atomic E-state index is 0.0289. The van der Waals surface area contributed by atoms with Gasteiger partial charge in [0.2, 0.25) is 0 Å². The van der Waals surface area contributed by atoms with Gasteiger partial charge in [-0.2, -0.15) is 5.10 Å². The third-order valence-electron chi connectivity index (χ3n) is 4.03. The molecule has 2 aliphatic rings. The molecule has 1 saturated heterocycles. The van der Waals surface area contributed by atoms with Gasteiger partial charge in [0.1, 0.15) is 0 Å². The summed E-state index contributed by atoms with van der Waals surface area (Å²) in [7, 11) is 1.86. The molecule has 5 nitrogen and oxygen atoms in total. The van der Waals surface area contributed by atoms with Gasteiger partial charge in [-0.3, -0.25) is 9.48 Å². The number of ether oxygens (including phenoxy) is 1. The lowest BCUT2D eigenvalue weighted by molar-refractivity contribution is 0.0479. The van der Waals surface area contributed by atoms with E-state index < -0.39 is 0 Å². The molecule has 2 fully saturated rings. The number of carbonyl (C=O) groups excluding carboxylic acids is 1. The van der Waals surface area contributed by atoms with Crippen LogP contribution in [-0.2, 0) is 11.8 Å². The van der Waals surface area contributed by atoms with Crippen molar-refractivity contribution in [2.75, 3.05) is 19.7 Å². The van der Waals surface area contributed by atoms with Crippen LogP contribution < -0.4 is 0 Å². The Balaban J connectivity index is 1.55. The zero-order valence-corrected chi connectivity index (χ0v) is 11.6. The van der Waals surface area contributed by atoms with Crippen LogP contribution >= 0.6 is 0 Å². The normalized spacial score (nSPS) is 23.1. The Kier molecular flexibility index (Phi) is 3.31. The summed E-state index contributed by atoms with van der Waals surface area (Å²) in [6, 6.07) is 1.85. The van der Waals surface area contributed by atoms with Crippen LogP contribution in [0.1, 0.15) is 35.4 Å². The quantitative estimate of drug-likeness (QED) is 0.824. The van der Waals surface area contributed by atoms with Crippen LogP contribution in [0.3, 0.4) is 0 Å². The average Bonchev–Trinajstić information content (AvgIpc) is 3.00. The van der Waals surface area contributed by atoms with Crippen molar-refractivity contribution in [1.29, 1.82) is 0 Å². The van der Waals surface area contributed by atoms with E-state index in [9.17, 15) is 4.79 Å². The van der Waals surface area contributed by atoms with Gasteiger partial charge in [0, 0.05) is 32.4 Å². The highest BCUT2D eigenvalue weighted by atomic mass is 16.5. The van der Waals surface area contributed by atoms with Crippen molar-refractivity contribution >= 4 is 5.91 Å². The maximum Gasteiger partial charge on any atom is 0.274 e. The molecule has 104 valence electrons. The number of carbonyl (C=O) groups is 1. The predicted octanol–water partition coefficient (Wildman–Crippen LogP) is 1.37. The van der Waals surface area contributed by atoms with Crippen LogP contribution in [0.5, 0.6) is 0 Å². The first-order chi connectivity index (χ1) is 9.13. The number of nitrogens with zero attached hydrogens (tertiary/aromatic N) is 3. The molecule has 3 rings (SSSR count). The van der Waals surface area contributed by atoms with E-state index in [0.29, 0.717) is 12.2 Å². The number of likely N-dealkylation sites (tertiary alicyclic amines) is 1. The lowest BCUT2D eigenvalue weighted by Gasteiger charge is -2.15. The Bertz CT molecular complexity index is 460. The third kappa shape index (κ3) is 2.81. The molecule has 0 N–H and O–H groups in total. The van der Waals surface area contributed by atoms with E-state index in [-0.39, 0.29) is 12.0 Å². The van der Waals surface area contributed by atoms with Gasteiger partial charge in [-0.15, -0.1) is 0 Å². The van der Waals surface area contributed by atoms with Gasteiger partial charge in [0.25, 0.3) is 5.91 Å². The Morgan fingerprint density at radius 1 is 1.47 bits per heavy atom. The van der Waals surface area contributed by atoms with Crippen LogP contribution in [0.4, 0.5) is 0 Å². The summed E-state index contributed by atoms with van der Waals surface area (Å²) < 4.78 is 7.59. The van der Waals surface area contributed by atoms with Crippen molar-refractivity contribution in [3.8, 4) is 0 Å². The second-order valence-corrected chi connectivity index (χ2v) is 5.73. The van der Waals surface area contributed by atoms with Crippen LogP contribution in [0.15, 0.2) is 6.07 Å². The van der Waals surface area contributed by atoms with E-state index in [2.05, 4.69) is 5.10 Å². The summed E-state index contributed by atoms with van der Waals surface area (Å²) in [4.78, 5) is 14.2. The lowest BCUT2D eigenvalue weighted by Crippen LogP contribution is -2.30. The molecule has 1 aliphatic heterocycles. The van der Waals surface area contributed by atoms with Crippen LogP contribution in [0.2, 0.25) is 0 Å². The number of hydrogen-bond acceptors (Lipinski definition) is 3. The minimum absolute atomic E-state index is 0.0289. The van der Waals surface area contributed by atoms with Crippen molar-refractivity contribution in [3.63, 3.8) is 0 Å². The maximum atomic E-state index is 12.3. The highest BCUT2D eigenvalue weighted by molar-refractivity contribution is 5.92. The van der Waals surface area contributed by atoms with Crippen molar-refractivity contribution in [1.82, 2.24) is 14.7 Å². The van der Waals surface area contributed by atoms with Gasteiger partial charge < -0.3 is 9.64 Å². The number of aromatic nitrogens is 2. The summed E-state index contributed by atoms with van der Waals surface area (Å²) >= 11 is 0. The van der Waals surface area contributed by atoms with E-state index in [1.54, 1.807) is 4.68 Å². The van der Waals surface area contributed by atoms with E-state index in [4.69, 9.17) is 4.74 Å². The van der Waals surface area contributed by atoms with Gasteiger partial charge in [-0.25, -0.2) is 0 Å². The summed E-state index contributed by atoms with van der Waals surface area (Å²) in [5.41, 5.74) is 1.55. The molecule has 5 heteroatoms. The van der Waals surface area contributed by atoms with Crippen LogP contribution in [0.25, 0.3) is 0 Å². The standard InChI is InChI=1S/C14H21N3O2/c1-10-7-13(15-16(10)2)14(18)17-6-5-12(8-17)19-9-11-3-4-11/h7,11-12H,3-6,8-9H2,1-2H3. The van der Waals surface area contributed by atoms with Gasteiger partial charge in [0.15, 0.2) is 5.69 Å². The largest absolute Gasteiger partial charge is 0.376 e. The Hall–Kier alpha value is -1.36. The second-order valence-electron chi connectivity index (χ2n) is 5.73. The van der Waals surface area contributed by atoms with Crippen LogP contribution in [0, 0.1) is 12.8 Å². The molecule has 1 saturated carbocycles. The minimum Gasteiger partial charge on any atom is -0.376 e. The summed E-state index contributed by atoms with van der Waals surface area (Å²) in [6.07, 6.45) is 3.78.